The van der Waals surface area contributed by atoms with Gasteiger partial charge in [-0.3, -0.25) is 9.69 Å². The minimum Gasteiger partial charge on any atom is -0.298 e. The van der Waals surface area contributed by atoms with Crippen molar-refractivity contribution in [2.45, 2.75) is 26.3 Å². The van der Waals surface area contributed by atoms with Gasteiger partial charge in [-0.1, -0.05) is 13.0 Å². The fraction of sp³-hybridized carbons (Fsp3) is 0.583. The molecule has 3 heteroatoms. The number of hydrogen-bond acceptors (Lipinski definition) is 3. The second-order valence-electron chi connectivity index (χ2n) is 4.12. The second-order valence-corrected chi connectivity index (χ2v) is 5.16. The zero-order valence-corrected chi connectivity index (χ0v) is 9.93. The first-order valence-corrected chi connectivity index (χ1v) is 6.45. The van der Waals surface area contributed by atoms with Crippen LogP contribution in [0.4, 0.5) is 0 Å². The molecule has 0 amide bonds. The number of likely N-dealkylation sites (N-methyl/N-ethyl adjacent to an activating group) is 1. The SMILES string of the molecule is CCN(CC(=O)C1CC1)Cc1cccs1. The van der Waals surface area contributed by atoms with E-state index in [2.05, 4.69) is 29.3 Å². The Labute approximate surface area is 94.9 Å². The Balaban J connectivity index is 1.84. The molecule has 2 rings (SSSR count). The minimum atomic E-state index is 0.391. The van der Waals surface area contributed by atoms with Crippen molar-refractivity contribution >= 4 is 17.1 Å². The molecular weight excluding hydrogens is 206 g/mol. The van der Waals surface area contributed by atoms with Crippen molar-refractivity contribution in [1.29, 1.82) is 0 Å². The fourth-order valence-electron chi connectivity index (χ4n) is 1.66. The number of rotatable bonds is 6. The predicted octanol–water partition coefficient (Wildman–Crippen LogP) is 2.55. The molecule has 0 radical (unpaired) electrons. The van der Waals surface area contributed by atoms with Gasteiger partial charge in [-0.15, -0.1) is 11.3 Å². The molecule has 0 aromatic carbocycles. The maximum Gasteiger partial charge on any atom is 0.149 e. The molecule has 15 heavy (non-hydrogen) atoms. The fourth-order valence-corrected chi connectivity index (χ4v) is 2.40. The zero-order valence-electron chi connectivity index (χ0n) is 9.11. The Morgan fingerprint density at radius 3 is 2.93 bits per heavy atom. The Kier molecular flexibility index (Phi) is 3.54. The highest BCUT2D eigenvalue weighted by Gasteiger charge is 2.30. The first kappa shape index (κ1) is 10.8. The van der Waals surface area contributed by atoms with Crippen molar-refractivity contribution < 1.29 is 4.79 Å². The molecule has 1 aromatic heterocycles. The summed E-state index contributed by atoms with van der Waals surface area (Å²) in [4.78, 5) is 15.2. The van der Waals surface area contributed by atoms with Crippen molar-refractivity contribution in [2.24, 2.45) is 5.92 Å². The lowest BCUT2D eigenvalue weighted by Gasteiger charge is -2.18. The van der Waals surface area contributed by atoms with Gasteiger partial charge in [0.05, 0.1) is 6.54 Å². The van der Waals surface area contributed by atoms with Gasteiger partial charge < -0.3 is 0 Å². The summed E-state index contributed by atoms with van der Waals surface area (Å²) in [6, 6.07) is 4.20. The number of hydrogen-bond donors (Lipinski definition) is 0. The third-order valence-corrected chi connectivity index (χ3v) is 3.68. The molecule has 1 aromatic rings. The van der Waals surface area contributed by atoms with Gasteiger partial charge in [0.2, 0.25) is 0 Å². The van der Waals surface area contributed by atoms with Gasteiger partial charge in [0.1, 0.15) is 5.78 Å². The summed E-state index contributed by atoms with van der Waals surface area (Å²) in [5, 5.41) is 2.09. The molecule has 0 bridgehead atoms. The Bertz CT molecular complexity index is 316. The van der Waals surface area contributed by atoms with Crippen LogP contribution in [0, 0.1) is 5.92 Å². The van der Waals surface area contributed by atoms with Crippen LogP contribution < -0.4 is 0 Å². The van der Waals surface area contributed by atoms with E-state index in [1.165, 1.54) is 4.88 Å². The molecule has 0 unspecified atom stereocenters. The van der Waals surface area contributed by atoms with Crippen LogP contribution in [-0.2, 0) is 11.3 Å². The monoisotopic (exact) mass is 223 g/mol. The van der Waals surface area contributed by atoms with E-state index in [0.717, 1.165) is 25.9 Å². The van der Waals surface area contributed by atoms with Crippen molar-refractivity contribution in [3.05, 3.63) is 22.4 Å². The Morgan fingerprint density at radius 2 is 2.40 bits per heavy atom. The average molecular weight is 223 g/mol. The van der Waals surface area contributed by atoms with Gasteiger partial charge >= 0.3 is 0 Å². The second kappa shape index (κ2) is 4.90. The summed E-state index contributed by atoms with van der Waals surface area (Å²) < 4.78 is 0. The molecule has 0 saturated heterocycles. The van der Waals surface area contributed by atoms with E-state index in [-0.39, 0.29) is 0 Å². The third kappa shape index (κ3) is 3.14. The molecule has 1 aliphatic carbocycles. The van der Waals surface area contributed by atoms with Crippen LogP contribution >= 0.6 is 11.3 Å². The standard InChI is InChI=1S/C12H17NOS/c1-2-13(8-11-4-3-7-15-11)9-12(14)10-5-6-10/h3-4,7,10H,2,5-6,8-9H2,1H3. The summed E-state index contributed by atoms with van der Waals surface area (Å²) in [5.41, 5.74) is 0. The lowest BCUT2D eigenvalue weighted by atomic mass is 10.2. The van der Waals surface area contributed by atoms with Gasteiger partial charge in [-0.25, -0.2) is 0 Å². The van der Waals surface area contributed by atoms with E-state index in [4.69, 9.17) is 0 Å². The van der Waals surface area contributed by atoms with E-state index in [1.54, 1.807) is 11.3 Å². The number of Topliss-reactive ketones (excluding diaryl/α,β-unsaturated/α-hetero) is 1. The van der Waals surface area contributed by atoms with Crippen LogP contribution in [0.15, 0.2) is 17.5 Å². The molecule has 82 valence electrons. The van der Waals surface area contributed by atoms with Crippen LogP contribution in [-0.4, -0.2) is 23.8 Å². The number of nitrogens with zero attached hydrogens (tertiary/aromatic N) is 1. The van der Waals surface area contributed by atoms with Crippen LogP contribution in [0.25, 0.3) is 0 Å². The van der Waals surface area contributed by atoms with Gasteiger partial charge in [0.15, 0.2) is 0 Å². The van der Waals surface area contributed by atoms with Gasteiger partial charge in [0.25, 0.3) is 0 Å². The molecule has 0 atom stereocenters. The topological polar surface area (TPSA) is 20.3 Å². The molecule has 1 heterocycles. The van der Waals surface area contributed by atoms with E-state index in [9.17, 15) is 4.79 Å². The van der Waals surface area contributed by atoms with Crippen LogP contribution in [0.3, 0.4) is 0 Å². The lowest BCUT2D eigenvalue weighted by Crippen LogP contribution is -2.29. The van der Waals surface area contributed by atoms with Crippen LogP contribution in [0.1, 0.15) is 24.6 Å². The molecule has 0 spiro atoms. The largest absolute Gasteiger partial charge is 0.298 e. The summed E-state index contributed by atoms with van der Waals surface area (Å²) in [6.07, 6.45) is 2.24. The van der Waals surface area contributed by atoms with Crippen LogP contribution in [0.5, 0.6) is 0 Å². The number of ketones is 1. The maximum absolute atomic E-state index is 11.7. The highest BCUT2D eigenvalue weighted by Crippen LogP contribution is 2.30. The maximum atomic E-state index is 11.7. The van der Waals surface area contributed by atoms with Crippen molar-refractivity contribution in [2.75, 3.05) is 13.1 Å². The highest BCUT2D eigenvalue weighted by molar-refractivity contribution is 7.09. The number of carbonyl (C=O) groups excluding carboxylic acids is 1. The Morgan fingerprint density at radius 1 is 1.60 bits per heavy atom. The molecule has 0 aliphatic heterocycles. The molecular formula is C12H17NOS. The molecule has 1 aliphatic rings. The summed E-state index contributed by atoms with van der Waals surface area (Å²) in [6.45, 7) is 4.63. The van der Waals surface area contributed by atoms with E-state index in [0.29, 0.717) is 18.2 Å². The first-order chi connectivity index (χ1) is 7.29. The van der Waals surface area contributed by atoms with E-state index < -0.39 is 0 Å². The van der Waals surface area contributed by atoms with Crippen LogP contribution in [0.2, 0.25) is 0 Å². The highest BCUT2D eigenvalue weighted by atomic mass is 32.1. The normalized spacial score (nSPS) is 15.9. The van der Waals surface area contributed by atoms with Crippen molar-refractivity contribution in [3.8, 4) is 0 Å². The van der Waals surface area contributed by atoms with Gasteiger partial charge in [-0.2, -0.15) is 0 Å². The summed E-state index contributed by atoms with van der Waals surface area (Å²) in [5.74, 6) is 0.829. The van der Waals surface area contributed by atoms with E-state index >= 15 is 0 Å². The number of carbonyl (C=O) groups is 1. The summed E-state index contributed by atoms with van der Waals surface area (Å²) >= 11 is 1.76. The zero-order chi connectivity index (χ0) is 10.7. The molecule has 1 fully saturated rings. The van der Waals surface area contributed by atoms with Crippen molar-refractivity contribution in [3.63, 3.8) is 0 Å². The van der Waals surface area contributed by atoms with Gasteiger partial charge in [-0.05, 0) is 30.8 Å². The molecule has 2 nitrogen and oxygen atoms in total. The third-order valence-electron chi connectivity index (χ3n) is 2.82. The minimum absolute atomic E-state index is 0.391. The van der Waals surface area contributed by atoms with Crippen molar-refractivity contribution in [1.82, 2.24) is 4.90 Å². The average Bonchev–Trinajstić information content (AvgIpc) is 2.97. The first-order valence-electron chi connectivity index (χ1n) is 5.57. The van der Waals surface area contributed by atoms with E-state index in [1.807, 2.05) is 0 Å². The smallest absolute Gasteiger partial charge is 0.149 e. The predicted molar refractivity (Wildman–Crippen MR) is 63.0 cm³/mol. The molecule has 1 saturated carbocycles. The number of thiophene rings is 1. The quantitative estimate of drug-likeness (QED) is 0.738. The lowest BCUT2D eigenvalue weighted by molar-refractivity contribution is -0.121. The molecule has 0 N–H and O–H groups in total. The van der Waals surface area contributed by atoms with Gasteiger partial charge in [0, 0.05) is 17.3 Å². The summed E-state index contributed by atoms with van der Waals surface area (Å²) in [7, 11) is 0. The Hall–Kier alpha value is -0.670.